The molecule has 0 fully saturated rings. The minimum absolute atomic E-state index is 0. The fourth-order valence-electron chi connectivity index (χ4n) is 16.9. The number of rotatable bonds is 20. The normalized spacial score (nSPS) is 12.4. The molecular weight excluding hydrogens is 2090 g/mol. The van der Waals surface area contributed by atoms with E-state index in [0.29, 0.717) is 37.1 Å². The van der Waals surface area contributed by atoms with Crippen molar-refractivity contribution in [1.82, 2.24) is 28.2 Å². The number of aliphatic hydroxyl groups is 4. The summed E-state index contributed by atoms with van der Waals surface area (Å²) in [4.78, 5) is 8.36. The van der Waals surface area contributed by atoms with Gasteiger partial charge in [-0.15, -0.1) is 24.3 Å². The molecule has 678 valence electrons. The van der Waals surface area contributed by atoms with Crippen molar-refractivity contribution in [3.05, 3.63) is 426 Å². The number of aromatic nitrogens is 6. The van der Waals surface area contributed by atoms with Crippen LogP contribution >= 0.6 is 15.9 Å². The van der Waals surface area contributed by atoms with Crippen LogP contribution in [0, 0.1) is 46.2 Å². The summed E-state index contributed by atoms with van der Waals surface area (Å²) < 4.78 is 63.1. The average Bonchev–Trinajstić information content (AvgIpc) is 1.62. The Hall–Kier alpha value is -12.3. The van der Waals surface area contributed by atoms with Crippen molar-refractivity contribution < 1.29 is 80.1 Å². The largest absolute Gasteiger partial charge is 0.393 e. The van der Waals surface area contributed by atoms with Crippen LogP contribution in [0.3, 0.4) is 0 Å². The third-order valence-electron chi connectivity index (χ3n) is 24.3. The number of nitrogens with zero attached hydrogens (tertiary/aromatic N) is 6. The van der Waals surface area contributed by atoms with Gasteiger partial charge in [-0.1, -0.05) is 296 Å². The summed E-state index contributed by atoms with van der Waals surface area (Å²) in [6, 6.07) is 119. The minimum atomic E-state index is -0.662. The van der Waals surface area contributed by atoms with Gasteiger partial charge in [0.2, 0.25) is 0 Å². The van der Waals surface area contributed by atoms with Crippen LogP contribution in [0.1, 0.15) is 95.0 Å². The zero-order valence-electron chi connectivity index (χ0n) is 74.7. The summed E-state index contributed by atoms with van der Waals surface area (Å²) in [5.74, 6) is -2.61. The van der Waals surface area contributed by atoms with Crippen molar-refractivity contribution in [1.29, 1.82) is 0 Å². The van der Waals surface area contributed by atoms with E-state index in [2.05, 4.69) is 354 Å². The number of fused-ring (bicyclic) bond motifs is 12. The molecule has 0 spiro atoms. The van der Waals surface area contributed by atoms with Crippen LogP contribution in [-0.2, 0) is 67.8 Å². The molecule has 4 atom stereocenters. The van der Waals surface area contributed by atoms with Crippen LogP contribution in [0.15, 0.2) is 363 Å². The first kappa shape index (κ1) is 96.8. The van der Waals surface area contributed by atoms with Crippen LogP contribution in [-0.4, -0.2) is 73.1 Å². The number of hydrogen-bond acceptors (Lipinski definition) is 6. The van der Waals surface area contributed by atoms with Gasteiger partial charge in [0.15, 0.2) is 0 Å². The van der Waals surface area contributed by atoms with E-state index in [1.807, 2.05) is 53.7 Å². The Morgan fingerprint density at radius 1 is 0.338 bits per heavy atom. The van der Waals surface area contributed by atoms with Gasteiger partial charge in [-0.2, -0.15) is 0 Å². The van der Waals surface area contributed by atoms with E-state index in [9.17, 15) is 38.0 Å². The van der Waals surface area contributed by atoms with Crippen molar-refractivity contribution in [3.8, 4) is 45.3 Å². The molecule has 6 heterocycles. The summed E-state index contributed by atoms with van der Waals surface area (Å²) in [6.07, 6.45) is 8.62. The first-order valence-corrected chi connectivity index (χ1v) is 45.2. The molecule has 20 aromatic rings. The molecule has 0 aliphatic rings. The van der Waals surface area contributed by atoms with Gasteiger partial charge in [-0.05, 0) is 214 Å². The summed E-state index contributed by atoms with van der Waals surface area (Å²) >= 11 is 3.22. The van der Waals surface area contributed by atoms with Crippen molar-refractivity contribution in [3.63, 3.8) is 0 Å². The van der Waals surface area contributed by atoms with Gasteiger partial charge in [-0.3, -0.25) is 17.6 Å². The van der Waals surface area contributed by atoms with E-state index in [-0.39, 0.29) is 64.1 Å². The standard InChI is InChI=1S/C31H21F2N2.2C27H31NO2.C20H15N.C11H5BrF2N.2Pt/c32-23-14-17-27(28(33)19-23)29-18-13-22(20-34-29)10-9-21-11-15-24(16-12-21)35-30-7-3-1-5-25(30)26-6-2-4-8-31(26)35;2*1-27(2,3)26(30)18-21(29)17-14-19-12-15-20(16-13-19)28-24-10-6-4-8-22(24)23-9-5-7-11-25(23)28;1-2-15-11-13-16(14-12-15)21-19-9-5-3-7-17(19)18-8-4-6-10-20(18)21;12-7-1-4-11(15-6-7)9-3-2-8(13)5-10(9)14;;/h1-8,11-16,18-20H,9-10H2;2*4-13,15-16,21,26,29-30H,14,17-18H2,1-3H3;2-14H,1H2;1-2,4-6H;;/q-1;;;;-1;;. The van der Waals surface area contributed by atoms with E-state index in [4.69, 9.17) is 0 Å². The Bertz CT molecular complexity index is 6950. The van der Waals surface area contributed by atoms with Gasteiger partial charge in [0, 0.05) is 148 Å². The summed E-state index contributed by atoms with van der Waals surface area (Å²) in [5, 5.41) is 51.2. The number of hydrogen-bond donors (Lipinski definition) is 4. The first-order valence-electron chi connectivity index (χ1n) is 44.4. The Balaban J connectivity index is 0.000000136. The maximum Gasteiger partial charge on any atom is 0.0613 e. The predicted molar refractivity (Wildman–Crippen MR) is 534 cm³/mol. The zero-order chi connectivity index (χ0) is 91.5. The molecule has 20 rings (SSSR count). The van der Waals surface area contributed by atoms with Gasteiger partial charge >= 0.3 is 0 Å². The van der Waals surface area contributed by atoms with Crippen molar-refractivity contribution in [2.24, 2.45) is 10.8 Å². The Morgan fingerprint density at radius 3 is 0.850 bits per heavy atom. The molecule has 0 saturated carbocycles. The summed E-state index contributed by atoms with van der Waals surface area (Å²) in [6.45, 7) is 15.8. The second-order valence-electron chi connectivity index (χ2n) is 35.4. The Morgan fingerprint density at radius 2 is 0.594 bits per heavy atom. The molecule has 4 N–H and O–H groups in total. The molecule has 0 aliphatic carbocycles. The van der Waals surface area contributed by atoms with Crippen molar-refractivity contribution in [2.75, 3.05) is 0 Å². The summed E-state index contributed by atoms with van der Waals surface area (Å²) in [7, 11) is 0. The zero-order valence-corrected chi connectivity index (χ0v) is 80.9. The van der Waals surface area contributed by atoms with Gasteiger partial charge in [0.05, 0.1) is 68.5 Å². The number of benzene rings is 14. The molecule has 0 radical (unpaired) electrons. The van der Waals surface area contributed by atoms with Crippen molar-refractivity contribution >= 4 is 109 Å². The fourth-order valence-corrected chi connectivity index (χ4v) is 17.2. The third-order valence-corrected chi connectivity index (χ3v) is 24.8. The van der Waals surface area contributed by atoms with E-state index >= 15 is 0 Å². The smallest absolute Gasteiger partial charge is 0.0613 e. The number of halogens is 5. The van der Waals surface area contributed by atoms with E-state index < -0.39 is 47.7 Å². The third kappa shape index (κ3) is 22.6. The van der Waals surface area contributed by atoms with Crippen LogP contribution in [0.4, 0.5) is 17.6 Å². The number of aryl methyl sites for hydroxylation is 4. The predicted octanol–water partition coefficient (Wildman–Crippen LogP) is 28.5. The molecule has 133 heavy (non-hydrogen) atoms. The summed E-state index contributed by atoms with van der Waals surface area (Å²) in [5.41, 5.74) is 20.9. The van der Waals surface area contributed by atoms with E-state index in [1.165, 1.54) is 110 Å². The second kappa shape index (κ2) is 43.6. The Labute approximate surface area is 810 Å². The topological polar surface area (TPSA) is 126 Å². The van der Waals surface area contributed by atoms with Gasteiger partial charge in [-0.25, -0.2) is 0 Å². The first-order chi connectivity index (χ1) is 63.4. The van der Waals surface area contributed by atoms with E-state index in [0.717, 1.165) is 82.6 Å². The molecule has 0 aliphatic heterocycles. The molecule has 0 amide bonds. The number of aliphatic hydroxyl groups excluding tert-OH is 4. The van der Waals surface area contributed by atoms with Crippen LogP contribution < -0.4 is 0 Å². The molecule has 0 saturated heterocycles. The van der Waals surface area contributed by atoms with Crippen LogP contribution in [0.25, 0.3) is 139 Å². The van der Waals surface area contributed by atoms with Gasteiger partial charge in [0.1, 0.15) is 0 Å². The van der Waals surface area contributed by atoms with Crippen LogP contribution in [0.5, 0.6) is 0 Å². The van der Waals surface area contributed by atoms with Gasteiger partial charge in [0.25, 0.3) is 0 Å². The minimum Gasteiger partial charge on any atom is -0.393 e. The molecule has 4 unspecified atom stereocenters. The fraction of sp³-hybridized carbons (Fsp3) is 0.172. The second-order valence-corrected chi connectivity index (χ2v) is 36.3. The maximum atomic E-state index is 14.0. The van der Waals surface area contributed by atoms with Gasteiger partial charge < -0.3 is 48.7 Å². The maximum absolute atomic E-state index is 14.0. The average molecular weight is 2190 g/mol. The molecule has 14 aromatic carbocycles. The van der Waals surface area contributed by atoms with Crippen molar-refractivity contribution in [2.45, 2.75) is 117 Å². The number of pyridine rings is 2. The Kier molecular flexibility index (Phi) is 31.7. The number of para-hydroxylation sites is 8. The van der Waals surface area contributed by atoms with Crippen LogP contribution in [0.2, 0.25) is 0 Å². The molecule has 6 aromatic heterocycles. The van der Waals surface area contributed by atoms with E-state index in [1.54, 1.807) is 30.6 Å². The monoisotopic (exact) mass is 2190 g/mol. The molecular formula is C116H103BrF4N6O4Pt2-2. The molecule has 0 bridgehead atoms. The quantitative estimate of drug-likeness (QED) is 0.0445. The SMILES string of the molecule is C=Cc1ccc(-n2c3ccccc3c3ccccc32)cc1.CC(C)(C)C(O)CC(O)CCc1ccc(-n2c3ccccc3c3ccccc32)cc1.CC(C)(C)C(O)CC(O)CCc1ccc(-n2c3ccccc3c3ccccc32)cc1.Fc1c[c-]c(-c2ccc(Br)cn2)c(F)c1.Fc1c[c-]c(-c2ccc(CCc3ccc(-n4c5ccccc5c5ccccc54)cc3)cn2)c(F)c1.[Pt].[Pt]. The molecule has 17 heteroatoms. The molecule has 10 nitrogen and oxygen atoms in total.